The maximum absolute atomic E-state index is 5.82. The minimum absolute atomic E-state index is 0.133. The van der Waals surface area contributed by atoms with Crippen molar-refractivity contribution in [1.82, 2.24) is 15.1 Å². The number of thiophene rings is 1. The van der Waals surface area contributed by atoms with Gasteiger partial charge in [0.15, 0.2) is 0 Å². The van der Waals surface area contributed by atoms with Gasteiger partial charge in [-0.2, -0.15) is 0 Å². The number of morpholine rings is 1. The van der Waals surface area contributed by atoms with Crippen molar-refractivity contribution in [2.45, 2.75) is 32.4 Å². The minimum Gasteiger partial charge on any atom is -0.418 e. The summed E-state index contributed by atoms with van der Waals surface area (Å²) >= 11 is 1.61. The van der Waals surface area contributed by atoms with Gasteiger partial charge in [0.2, 0.25) is 5.89 Å². The van der Waals surface area contributed by atoms with E-state index < -0.39 is 0 Å². The predicted octanol–water partition coefficient (Wildman–Crippen LogP) is 2.97. The lowest BCUT2D eigenvalue weighted by atomic mass is 10.2. The van der Waals surface area contributed by atoms with Crippen LogP contribution in [0.4, 0.5) is 0 Å². The summed E-state index contributed by atoms with van der Waals surface area (Å²) in [6.45, 7) is 6.88. The summed E-state index contributed by atoms with van der Waals surface area (Å²) in [7, 11) is 0. The van der Waals surface area contributed by atoms with Gasteiger partial charge in [-0.1, -0.05) is 13.0 Å². The van der Waals surface area contributed by atoms with Crippen LogP contribution in [0.1, 0.15) is 32.2 Å². The van der Waals surface area contributed by atoms with Crippen molar-refractivity contribution in [3.8, 4) is 10.8 Å². The lowest BCUT2D eigenvalue weighted by molar-refractivity contribution is -0.0456. The van der Waals surface area contributed by atoms with E-state index in [1.165, 1.54) is 0 Å². The van der Waals surface area contributed by atoms with E-state index in [9.17, 15) is 0 Å². The number of rotatable bonds is 4. The first-order valence-corrected chi connectivity index (χ1v) is 7.88. The van der Waals surface area contributed by atoms with E-state index in [-0.39, 0.29) is 6.04 Å². The molecule has 1 saturated heterocycles. The summed E-state index contributed by atoms with van der Waals surface area (Å²) in [4.78, 5) is 3.37. The zero-order valence-electron chi connectivity index (χ0n) is 11.8. The molecule has 0 bridgehead atoms. The zero-order chi connectivity index (χ0) is 13.9. The van der Waals surface area contributed by atoms with E-state index in [0.29, 0.717) is 17.9 Å². The highest BCUT2D eigenvalue weighted by Crippen LogP contribution is 2.27. The Kier molecular flexibility index (Phi) is 4.14. The van der Waals surface area contributed by atoms with Gasteiger partial charge in [-0.3, -0.25) is 4.90 Å². The second-order valence-corrected chi connectivity index (χ2v) is 5.94. The first-order valence-electron chi connectivity index (χ1n) is 7.01. The van der Waals surface area contributed by atoms with Gasteiger partial charge in [0.05, 0.1) is 23.6 Å². The molecule has 3 rings (SSSR count). The maximum atomic E-state index is 5.82. The SMILES string of the molecule is CC[C@@H]1CN([C@H](C)c2nnc(-c3cccs3)o2)CCO1. The van der Waals surface area contributed by atoms with Gasteiger partial charge in [0.1, 0.15) is 0 Å². The van der Waals surface area contributed by atoms with Crippen LogP contribution in [0.15, 0.2) is 21.9 Å². The monoisotopic (exact) mass is 293 g/mol. The van der Waals surface area contributed by atoms with Crippen LogP contribution in [0.5, 0.6) is 0 Å². The molecule has 6 heteroatoms. The van der Waals surface area contributed by atoms with Gasteiger partial charge >= 0.3 is 0 Å². The molecule has 0 spiro atoms. The third-order valence-electron chi connectivity index (χ3n) is 3.70. The Morgan fingerprint density at radius 2 is 2.40 bits per heavy atom. The van der Waals surface area contributed by atoms with Crippen LogP contribution in [0.3, 0.4) is 0 Å². The molecule has 3 heterocycles. The average molecular weight is 293 g/mol. The molecule has 1 fully saturated rings. The van der Waals surface area contributed by atoms with Crippen molar-refractivity contribution >= 4 is 11.3 Å². The van der Waals surface area contributed by atoms with Gasteiger partial charge in [-0.15, -0.1) is 21.5 Å². The Balaban J connectivity index is 1.72. The molecule has 2 aromatic rings. The van der Waals surface area contributed by atoms with Crippen LogP contribution in [-0.4, -0.2) is 40.9 Å². The van der Waals surface area contributed by atoms with Gasteiger partial charge in [-0.25, -0.2) is 0 Å². The number of aromatic nitrogens is 2. The fraction of sp³-hybridized carbons (Fsp3) is 0.571. The van der Waals surface area contributed by atoms with Gasteiger partial charge in [0.25, 0.3) is 5.89 Å². The van der Waals surface area contributed by atoms with E-state index in [0.717, 1.165) is 31.0 Å². The molecule has 5 nitrogen and oxygen atoms in total. The molecule has 0 radical (unpaired) electrons. The first kappa shape index (κ1) is 13.7. The molecular formula is C14H19N3O2S. The Morgan fingerprint density at radius 1 is 1.50 bits per heavy atom. The fourth-order valence-corrected chi connectivity index (χ4v) is 3.04. The van der Waals surface area contributed by atoms with Crippen LogP contribution in [0, 0.1) is 0 Å². The molecule has 0 aliphatic carbocycles. The van der Waals surface area contributed by atoms with Crippen LogP contribution in [0.2, 0.25) is 0 Å². The van der Waals surface area contributed by atoms with Crippen molar-refractivity contribution in [3.05, 3.63) is 23.4 Å². The second kappa shape index (κ2) is 6.03. The van der Waals surface area contributed by atoms with E-state index in [1.807, 2.05) is 17.5 Å². The molecule has 2 atom stereocenters. The van der Waals surface area contributed by atoms with Gasteiger partial charge in [0, 0.05) is 13.1 Å². The quantitative estimate of drug-likeness (QED) is 0.867. The minimum atomic E-state index is 0.133. The molecule has 0 aromatic carbocycles. The molecule has 108 valence electrons. The summed E-state index contributed by atoms with van der Waals surface area (Å²) in [6, 6.07) is 4.12. The third kappa shape index (κ3) is 2.77. The standard InChI is InChI=1S/C14H19N3O2S/c1-3-11-9-17(6-7-18-11)10(2)13-15-16-14(19-13)12-5-4-8-20-12/h4-5,8,10-11H,3,6-7,9H2,1-2H3/t10-,11-/m1/s1. The van der Waals surface area contributed by atoms with Crippen molar-refractivity contribution < 1.29 is 9.15 Å². The van der Waals surface area contributed by atoms with Crippen LogP contribution >= 0.6 is 11.3 Å². The molecule has 1 aliphatic heterocycles. The summed E-state index contributed by atoms with van der Waals surface area (Å²) in [6.07, 6.45) is 1.35. The zero-order valence-corrected chi connectivity index (χ0v) is 12.6. The maximum Gasteiger partial charge on any atom is 0.257 e. The first-order chi connectivity index (χ1) is 9.78. The normalized spacial score (nSPS) is 22.0. The summed E-state index contributed by atoms with van der Waals surface area (Å²) in [5.41, 5.74) is 0. The number of ether oxygens (including phenoxy) is 1. The Bertz CT molecular complexity index is 540. The highest BCUT2D eigenvalue weighted by molar-refractivity contribution is 7.13. The molecule has 0 N–H and O–H groups in total. The van der Waals surface area contributed by atoms with E-state index in [4.69, 9.17) is 9.15 Å². The smallest absolute Gasteiger partial charge is 0.257 e. The molecular weight excluding hydrogens is 274 g/mol. The summed E-state index contributed by atoms with van der Waals surface area (Å²) in [5.74, 6) is 1.30. The number of hydrogen-bond donors (Lipinski definition) is 0. The fourth-order valence-electron chi connectivity index (χ4n) is 2.40. The van der Waals surface area contributed by atoms with Crippen molar-refractivity contribution in [3.63, 3.8) is 0 Å². The third-order valence-corrected chi connectivity index (χ3v) is 4.56. The Labute approximate surface area is 122 Å². The largest absolute Gasteiger partial charge is 0.418 e. The van der Waals surface area contributed by atoms with E-state index >= 15 is 0 Å². The number of nitrogens with zero attached hydrogens (tertiary/aromatic N) is 3. The van der Waals surface area contributed by atoms with Crippen molar-refractivity contribution in [2.24, 2.45) is 0 Å². The highest BCUT2D eigenvalue weighted by Gasteiger charge is 2.27. The summed E-state index contributed by atoms with van der Waals surface area (Å²) < 4.78 is 11.5. The molecule has 0 amide bonds. The molecule has 0 saturated carbocycles. The van der Waals surface area contributed by atoms with Crippen LogP contribution in [-0.2, 0) is 4.74 Å². The van der Waals surface area contributed by atoms with Crippen molar-refractivity contribution in [2.75, 3.05) is 19.7 Å². The van der Waals surface area contributed by atoms with Gasteiger partial charge in [-0.05, 0) is 24.8 Å². The van der Waals surface area contributed by atoms with Gasteiger partial charge < -0.3 is 9.15 Å². The van der Waals surface area contributed by atoms with Crippen molar-refractivity contribution in [1.29, 1.82) is 0 Å². The molecule has 0 unspecified atom stereocenters. The van der Waals surface area contributed by atoms with E-state index in [1.54, 1.807) is 11.3 Å². The molecule has 2 aromatic heterocycles. The van der Waals surface area contributed by atoms with Crippen LogP contribution < -0.4 is 0 Å². The lowest BCUT2D eigenvalue weighted by Gasteiger charge is -2.35. The predicted molar refractivity (Wildman–Crippen MR) is 77.6 cm³/mol. The second-order valence-electron chi connectivity index (χ2n) is 4.99. The Morgan fingerprint density at radius 3 is 3.15 bits per heavy atom. The van der Waals surface area contributed by atoms with E-state index in [2.05, 4.69) is 28.9 Å². The average Bonchev–Trinajstić information content (AvgIpc) is 3.17. The Hall–Kier alpha value is -1.24. The summed E-state index contributed by atoms with van der Waals surface area (Å²) in [5, 5.41) is 10.4. The molecule has 1 aliphatic rings. The lowest BCUT2D eigenvalue weighted by Crippen LogP contribution is -2.43. The number of hydrogen-bond acceptors (Lipinski definition) is 6. The topological polar surface area (TPSA) is 51.4 Å². The molecule has 20 heavy (non-hydrogen) atoms. The van der Waals surface area contributed by atoms with Crippen LogP contribution in [0.25, 0.3) is 10.8 Å². The highest BCUT2D eigenvalue weighted by atomic mass is 32.1.